The van der Waals surface area contributed by atoms with Gasteiger partial charge in [-0.3, -0.25) is 0 Å². The van der Waals surface area contributed by atoms with Crippen molar-refractivity contribution in [3.8, 4) is 11.1 Å². The number of aromatic nitrogens is 2. The minimum Gasteiger partial charge on any atom is -0.379 e. The molecule has 0 radical (unpaired) electrons. The van der Waals surface area contributed by atoms with Crippen LogP contribution in [0, 0.1) is 5.82 Å². The van der Waals surface area contributed by atoms with Gasteiger partial charge in [0, 0.05) is 6.20 Å². The monoisotopic (exact) mass is 524 g/mol. The number of nitrogens with zero attached hydrogens (tertiary/aromatic N) is 2. The number of imidazole rings is 1. The Morgan fingerprint density at radius 3 is 1.62 bits per heavy atom. The minimum absolute atomic E-state index is 0.281. The third kappa shape index (κ3) is 4.42. The van der Waals surface area contributed by atoms with Crippen LogP contribution in [0.25, 0.3) is 11.1 Å². The molecule has 1 aromatic heterocycles. The Balaban J connectivity index is 1.51. The number of hydrogen-bond donors (Lipinski definition) is 1. The van der Waals surface area contributed by atoms with Gasteiger partial charge in [0.05, 0.1) is 12.0 Å². The largest absolute Gasteiger partial charge is 0.379 e. The Hall–Kier alpha value is -4.80. The molecule has 1 heterocycles. The molecule has 0 saturated carbocycles. The summed E-state index contributed by atoms with van der Waals surface area (Å²) < 4.78 is 15.6. The molecule has 1 unspecified atom stereocenters. The fourth-order valence-corrected chi connectivity index (χ4v) is 5.53. The van der Waals surface area contributed by atoms with Crippen molar-refractivity contribution in [3.05, 3.63) is 186 Å². The molecule has 0 saturated heterocycles. The maximum absolute atomic E-state index is 13.5. The molecule has 0 bridgehead atoms. The summed E-state index contributed by atoms with van der Waals surface area (Å²) in [5.41, 5.74) is 4.13. The smallest absolute Gasteiger partial charge is 0.130 e. The third-order valence-corrected chi connectivity index (χ3v) is 7.65. The Morgan fingerprint density at radius 2 is 1.10 bits per heavy atom. The minimum atomic E-state index is -1.38. The number of hydrogen-bond acceptors (Lipinski definition) is 2. The topological polar surface area (TPSA) is 38.0 Å². The van der Waals surface area contributed by atoms with E-state index in [4.69, 9.17) is 4.98 Å². The SMILES string of the molecule is CC(O)(c1cccc(-c2ccc(F)cc2)c1)c1cn(C(c2ccccc2)(c2ccccc2)c2ccccc2)cn1. The van der Waals surface area contributed by atoms with Gasteiger partial charge in [-0.15, -0.1) is 0 Å². The van der Waals surface area contributed by atoms with E-state index >= 15 is 0 Å². The van der Waals surface area contributed by atoms with E-state index in [-0.39, 0.29) is 5.82 Å². The molecule has 0 spiro atoms. The summed E-state index contributed by atoms with van der Waals surface area (Å²) in [5, 5.41) is 11.9. The molecule has 6 rings (SSSR count). The second kappa shape index (κ2) is 10.4. The van der Waals surface area contributed by atoms with Gasteiger partial charge in [-0.2, -0.15) is 0 Å². The van der Waals surface area contributed by atoms with Crippen molar-refractivity contribution in [1.82, 2.24) is 9.55 Å². The Kier molecular flexibility index (Phi) is 6.63. The Morgan fingerprint density at radius 1 is 0.600 bits per heavy atom. The average Bonchev–Trinajstić information content (AvgIpc) is 3.51. The molecule has 5 aromatic carbocycles. The lowest BCUT2D eigenvalue weighted by atomic mass is 9.76. The van der Waals surface area contributed by atoms with Crippen LogP contribution in [0.15, 0.2) is 152 Å². The lowest BCUT2D eigenvalue weighted by Gasteiger charge is -2.37. The van der Waals surface area contributed by atoms with Crippen LogP contribution < -0.4 is 0 Å². The Labute approximate surface area is 233 Å². The summed E-state index contributed by atoms with van der Waals surface area (Å²) in [5.74, 6) is -0.281. The summed E-state index contributed by atoms with van der Waals surface area (Å²) >= 11 is 0. The van der Waals surface area contributed by atoms with Crippen LogP contribution in [0.5, 0.6) is 0 Å². The van der Waals surface area contributed by atoms with Gasteiger partial charge < -0.3 is 9.67 Å². The molecule has 6 aromatic rings. The first-order chi connectivity index (χ1) is 19.5. The normalized spacial score (nSPS) is 13.1. The molecule has 196 valence electrons. The number of halogens is 1. The van der Waals surface area contributed by atoms with Gasteiger partial charge in [0.1, 0.15) is 17.0 Å². The van der Waals surface area contributed by atoms with Gasteiger partial charge in [-0.1, -0.05) is 121 Å². The lowest BCUT2D eigenvalue weighted by Crippen LogP contribution is -2.37. The number of aliphatic hydroxyl groups is 1. The highest BCUT2D eigenvalue weighted by Gasteiger charge is 2.40. The first-order valence-electron chi connectivity index (χ1n) is 13.3. The van der Waals surface area contributed by atoms with Crippen molar-refractivity contribution >= 4 is 0 Å². The van der Waals surface area contributed by atoms with Crippen molar-refractivity contribution in [1.29, 1.82) is 0 Å². The molecule has 4 heteroatoms. The molecular weight excluding hydrogens is 495 g/mol. The summed E-state index contributed by atoms with van der Waals surface area (Å²) in [6.45, 7) is 1.76. The average molecular weight is 525 g/mol. The third-order valence-electron chi connectivity index (χ3n) is 7.65. The highest BCUT2D eigenvalue weighted by atomic mass is 19.1. The molecule has 0 fully saturated rings. The second-order valence-corrected chi connectivity index (χ2v) is 10.1. The summed E-state index contributed by atoms with van der Waals surface area (Å²) in [6.07, 6.45) is 3.75. The van der Waals surface area contributed by atoms with Crippen LogP contribution >= 0.6 is 0 Å². The zero-order chi connectivity index (χ0) is 27.6. The van der Waals surface area contributed by atoms with Crippen molar-refractivity contribution in [3.63, 3.8) is 0 Å². The van der Waals surface area contributed by atoms with Crippen LogP contribution in [0.2, 0.25) is 0 Å². The summed E-state index contributed by atoms with van der Waals surface area (Å²) in [4.78, 5) is 4.78. The zero-order valence-corrected chi connectivity index (χ0v) is 22.2. The van der Waals surface area contributed by atoms with E-state index in [1.165, 1.54) is 12.1 Å². The van der Waals surface area contributed by atoms with Crippen LogP contribution in [-0.2, 0) is 11.1 Å². The van der Waals surface area contributed by atoms with E-state index in [1.54, 1.807) is 25.4 Å². The highest BCUT2D eigenvalue weighted by molar-refractivity contribution is 5.64. The molecule has 0 amide bonds. The van der Waals surface area contributed by atoms with Crippen LogP contribution in [0.4, 0.5) is 4.39 Å². The molecular formula is C36H29FN2O. The van der Waals surface area contributed by atoms with E-state index in [1.807, 2.05) is 85.1 Å². The Bertz CT molecular complexity index is 1610. The predicted octanol–water partition coefficient (Wildman–Crippen LogP) is 7.79. The predicted molar refractivity (Wildman–Crippen MR) is 157 cm³/mol. The van der Waals surface area contributed by atoms with Crippen LogP contribution in [0.3, 0.4) is 0 Å². The van der Waals surface area contributed by atoms with Crippen molar-refractivity contribution in [2.75, 3.05) is 0 Å². The van der Waals surface area contributed by atoms with E-state index in [0.717, 1.165) is 27.8 Å². The van der Waals surface area contributed by atoms with Crippen LogP contribution in [-0.4, -0.2) is 14.7 Å². The number of benzene rings is 5. The first kappa shape index (κ1) is 25.5. The molecule has 3 nitrogen and oxygen atoms in total. The number of rotatable bonds is 7. The molecule has 1 atom stereocenters. The van der Waals surface area contributed by atoms with Crippen LogP contribution in [0.1, 0.15) is 34.9 Å². The van der Waals surface area contributed by atoms with E-state index in [9.17, 15) is 9.50 Å². The standard InChI is InChI=1S/C36H29FN2O/c1-35(40,32-19-11-12-28(24-32)27-20-22-33(37)23-21-27)34-25-39(26-38-34)36(29-13-5-2-6-14-29,30-15-7-3-8-16-30)31-17-9-4-10-18-31/h2-26,40H,1H3. The molecule has 40 heavy (non-hydrogen) atoms. The molecule has 1 N–H and O–H groups in total. The highest BCUT2D eigenvalue weighted by Crippen LogP contribution is 2.42. The fraction of sp³-hybridized carbons (Fsp3) is 0.0833. The maximum Gasteiger partial charge on any atom is 0.130 e. The van der Waals surface area contributed by atoms with Gasteiger partial charge in [0.2, 0.25) is 0 Å². The van der Waals surface area contributed by atoms with E-state index in [0.29, 0.717) is 11.3 Å². The summed E-state index contributed by atoms with van der Waals surface area (Å²) in [7, 11) is 0. The summed E-state index contributed by atoms with van der Waals surface area (Å²) in [6, 6.07) is 45.2. The fourth-order valence-electron chi connectivity index (χ4n) is 5.53. The zero-order valence-electron chi connectivity index (χ0n) is 22.2. The molecule has 0 aliphatic carbocycles. The van der Waals surface area contributed by atoms with Crippen molar-refractivity contribution in [2.24, 2.45) is 0 Å². The first-order valence-corrected chi connectivity index (χ1v) is 13.3. The molecule has 0 aliphatic heterocycles. The van der Waals surface area contributed by atoms with Gasteiger partial charge >= 0.3 is 0 Å². The lowest BCUT2D eigenvalue weighted by molar-refractivity contribution is 0.0977. The maximum atomic E-state index is 13.5. The van der Waals surface area contributed by atoms with Gasteiger partial charge in [0.25, 0.3) is 0 Å². The van der Waals surface area contributed by atoms with E-state index < -0.39 is 11.1 Å². The van der Waals surface area contributed by atoms with Gasteiger partial charge in [-0.05, 0) is 58.5 Å². The second-order valence-electron chi connectivity index (χ2n) is 10.1. The van der Waals surface area contributed by atoms with Gasteiger partial charge in [0.15, 0.2) is 0 Å². The quantitative estimate of drug-likeness (QED) is 0.217. The van der Waals surface area contributed by atoms with Crippen molar-refractivity contribution < 1.29 is 9.50 Å². The van der Waals surface area contributed by atoms with E-state index in [2.05, 4.69) is 41.0 Å². The molecule has 0 aliphatic rings. The van der Waals surface area contributed by atoms with Gasteiger partial charge in [-0.25, -0.2) is 9.37 Å². The van der Waals surface area contributed by atoms with Crippen molar-refractivity contribution in [2.45, 2.75) is 18.1 Å².